The fourth-order valence-electron chi connectivity index (χ4n) is 2.52. The van der Waals surface area contributed by atoms with E-state index in [2.05, 4.69) is 25.2 Å². The van der Waals surface area contributed by atoms with Crippen LogP contribution in [0.5, 0.6) is 5.75 Å². The maximum Gasteiger partial charge on any atom is 0.119 e. The second-order valence-electron chi connectivity index (χ2n) is 6.30. The molecule has 136 valence electrons. The topological polar surface area (TPSA) is 45.0 Å². The fraction of sp³-hybridized carbons (Fsp3) is 0.348. The van der Waals surface area contributed by atoms with E-state index in [0.717, 1.165) is 55.0 Å². The average molecular weight is 348 g/mol. The van der Waals surface area contributed by atoms with Gasteiger partial charge in [-0.2, -0.15) is 5.26 Å². The Kier molecular flexibility index (Phi) is 8.29. The maximum atomic E-state index is 9.52. The van der Waals surface area contributed by atoms with Crippen LogP contribution in [0.15, 0.2) is 48.5 Å². The highest BCUT2D eigenvalue weighted by molar-refractivity contribution is 5.89. The van der Waals surface area contributed by atoms with Crippen LogP contribution >= 0.6 is 0 Å². The first-order valence-corrected chi connectivity index (χ1v) is 9.45. The van der Waals surface area contributed by atoms with E-state index in [0.29, 0.717) is 5.57 Å². The van der Waals surface area contributed by atoms with Crippen LogP contribution in [0.25, 0.3) is 11.6 Å². The molecule has 1 N–H and O–H groups in total. The van der Waals surface area contributed by atoms with Crippen LogP contribution in [0, 0.1) is 11.3 Å². The van der Waals surface area contributed by atoms with Crippen LogP contribution in [0.1, 0.15) is 50.7 Å². The van der Waals surface area contributed by atoms with Crippen LogP contribution in [-0.2, 0) is 0 Å². The lowest BCUT2D eigenvalue weighted by Crippen LogP contribution is -2.00. The molecule has 3 heteroatoms. The number of nitriles is 1. The van der Waals surface area contributed by atoms with Crippen molar-refractivity contribution in [2.75, 3.05) is 18.5 Å². The number of unbranched alkanes of at least 4 members (excludes halogenated alkanes) is 2. The number of nitrogens with one attached hydrogen (secondary N) is 1. The lowest BCUT2D eigenvalue weighted by molar-refractivity contribution is 0.309. The molecule has 0 aliphatic rings. The second-order valence-corrected chi connectivity index (χ2v) is 6.30. The molecule has 2 rings (SSSR count). The van der Waals surface area contributed by atoms with Gasteiger partial charge in [-0.05, 0) is 54.3 Å². The number of rotatable bonds is 10. The van der Waals surface area contributed by atoms with Gasteiger partial charge in [0.2, 0.25) is 0 Å². The van der Waals surface area contributed by atoms with E-state index in [1.165, 1.54) is 6.42 Å². The van der Waals surface area contributed by atoms with Crippen LogP contribution in [-0.4, -0.2) is 13.2 Å². The molecule has 0 bridgehead atoms. The van der Waals surface area contributed by atoms with Gasteiger partial charge in [-0.15, -0.1) is 0 Å². The molecular weight excluding hydrogens is 320 g/mol. The van der Waals surface area contributed by atoms with E-state index < -0.39 is 0 Å². The number of ether oxygens (including phenoxy) is 1. The summed E-state index contributed by atoms with van der Waals surface area (Å²) in [5.41, 5.74) is 3.67. The molecule has 0 fully saturated rings. The summed E-state index contributed by atoms with van der Waals surface area (Å²) in [6.07, 6.45) is 6.43. The predicted octanol–water partition coefficient (Wildman–Crippen LogP) is 6.14. The summed E-state index contributed by atoms with van der Waals surface area (Å²) in [7, 11) is 0. The highest BCUT2D eigenvalue weighted by atomic mass is 16.5. The second kappa shape index (κ2) is 11.0. The molecule has 0 aliphatic heterocycles. The molecule has 0 heterocycles. The molecule has 3 nitrogen and oxygen atoms in total. The van der Waals surface area contributed by atoms with Gasteiger partial charge in [0.05, 0.1) is 18.2 Å². The lowest BCUT2D eigenvalue weighted by atomic mass is 10.0. The van der Waals surface area contributed by atoms with Gasteiger partial charge in [-0.3, -0.25) is 0 Å². The fourth-order valence-corrected chi connectivity index (χ4v) is 2.52. The first-order valence-electron chi connectivity index (χ1n) is 9.45. The van der Waals surface area contributed by atoms with Gasteiger partial charge in [0, 0.05) is 12.2 Å². The van der Waals surface area contributed by atoms with Crippen molar-refractivity contribution in [1.82, 2.24) is 0 Å². The van der Waals surface area contributed by atoms with Crippen molar-refractivity contribution in [3.05, 3.63) is 59.7 Å². The van der Waals surface area contributed by atoms with Gasteiger partial charge < -0.3 is 10.1 Å². The zero-order valence-corrected chi connectivity index (χ0v) is 15.8. The van der Waals surface area contributed by atoms with Gasteiger partial charge in [-0.25, -0.2) is 0 Å². The highest BCUT2D eigenvalue weighted by Crippen LogP contribution is 2.21. The third-order valence-electron chi connectivity index (χ3n) is 4.13. The summed E-state index contributed by atoms with van der Waals surface area (Å²) in [4.78, 5) is 0. The zero-order valence-electron chi connectivity index (χ0n) is 15.8. The number of anilines is 1. The van der Waals surface area contributed by atoms with E-state index in [1.54, 1.807) is 0 Å². The molecule has 0 radical (unpaired) electrons. The van der Waals surface area contributed by atoms with Gasteiger partial charge in [-0.1, -0.05) is 51.0 Å². The van der Waals surface area contributed by atoms with Crippen molar-refractivity contribution < 1.29 is 4.74 Å². The Morgan fingerprint density at radius 2 is 1.69 bits per heavy atom. The molecule has 0 aliphatic carbocycles. The van der Waals surface area contributed by atoms with Crippen LogP contribution in [0.4, 0.5) is 5.69 Å². The molecule has 0 saturated heterocycles. The quantitative estimate of drug-likeness (QED) is 0.318. The molecule has 0 saturated carbocycles. The van der Waals surface area contributed by atoms with Crippen molar-refractivity contribution in [1.29, 1.82) is 5.26 Å². The Hall–Kier alpha value is -2.73. The molecule has 0 spiro atoms. The van der Waals surface area contributed by atoms with Crippen molar-refractivity contribution in [3.8, 4) is 11.8 Å². The van der Waals surface area contributed by atoms with E-state index in [9.17, 15) is 5.26 Å². The zero-order chi connectivity index (χ0) is 18.6. The summed E-state index contributed by atoms with van der Waals surface area (Å²) >= 11 is 0. The van der Waals surface area contributed by atoms with Crippen molar-refractivity contribution >= 4 is 17.3 Å². The minimum Gasteiger partial charge on any atom is -0.494 e. The minimum absolute atomic E-state index is 0.657. The molecule has 2 aromatic rings. The summed E-state index contributed by atoms with van der Waals surface area (Å²) in [6, 6.07) is 18.2. The number of hydrogen-bond acceptors (Lipinski definition) is 3. The van der Waals surface area contributed by atoms with Gasteiger partial charge in [0.1, 0.15) is 5.75 Å². The van der Waals surface area contributed by atoms with Crippen molar-refractivity contribution in [2.45, 2.75) is 39.5 Å². The van der Waals surface area contributed by atoms with E-state index in [-0.39, 0.29) is 0 Å². The number of benzene rings is 2. The lowest BCUT2D eigenvalue weighted by Gasteiger charge is -2.07. The molecule has 0 unspecified atom stereocenters. The van der Waals surface area contributed by atoms with Gasteiger partial charge in [0.25, 0.3) is 0 Å². The Labute approximate surface area is 157 Å². The SMILES string of the molecule is CCCCNc1ccc(/C(C#N)=C/c2ccc(OCCCC)cc2)cc1. The standard InChI is InChI=1S/C23H28N2O/c1-3-5-15-25-22-11-9-20(10-12-22)21(18-24)17-19-7-13-23(14-8-19)26-16-6-4-2/h7-14,17,25H,3-6,15-16H2,1-2H3/b21-17+. The summed E-state index contributed by atoms with van der Waals surface area (Å²) < 4.78 is 5.68. The van der Waals surface area contributed by atoms with Gasteiger partial charge >= 0.3 is 0 Å². The monoisotopic (exact) mass is 348 g/mol. The van der Waals surface area contributed by atoms with Crippen molar-refractivity contribution in [3.63, 3.8) is 0 Å². The highest BCUT2D eigenvalue weighted by Gasteiger charge is 2.02. The summed E-state index contributed by atoms with van der Waals surface area (Å²) in [5.74, 6) is 0.872. The third-order valence-corrected chi connectivity index (χ3v) is 4.13. The van der Waals surface area contributed by atoms with Crippen LogP contribution in [0.2, 0.25) is 0 Å². The first-order chi connectivity index (χ1) is 12.8. The molecular formula is C23H28N2O. The minimum atomic E-state index is 0.657. The van der Waals surface area contributed by atoms with Crippen LogP contribution < -0.4 is 10.1 Å². The number of nitrogens with zero attached hydrogens (tertiary/aromatic N) is 1. The van der Waals surface area contributed by atoms with Crippen LogP contribution in [0.3, 0.4) is 0 Å². The number of allylic oxidation sites excluding steroid dienone is 1. The normalized spacial score (nSPS) is 11.0. The Morgan fingerprint density at radius 1 is 1.00 bits per heavy atom. The summed E-state index contributed by atoms with van der Waals surface area (Å²) in [6.45, 7) is 6.05. The molecule has 0 amide bonds. The Balaban J connectivity index is 2.04. The Morgan fingerprint density at radius 3 is 2.31 bits per heavy atom. The third kappa shape index (κ3) is 6.29. The molecule has 0 atom stereocenters. The van der Waals surface area contributed by atoms with E-state index in [4.69, 9.17) is 4.74 Å². The van der Waals surface area contributed by atoms with E-state index in [1.807, 2.05) is 54.6 Å². The van der Waals surface area contributed by atoms with Gasteiger partial charge in [0.15, 0.2) is 0 Å². The first kappa shape index (κ1) is 19.6. The Bertz CT molecular complexity index is 724. The average Bonchev–Trinajstić information content (AvgIpc) is 2.68. The predicted molar refractivity (Wildman–Crippen MR) is 110 cm³/mol. The van der Waals surface area contributed by atoms with Crippen molar-refractivity contribution in [2.24, 2.45) is 0 Å². The largest absolute Gasteiger partial charge is 0.494 e. The number of hydrogen-bond donors (Lipinski definition) is 1. The maximum absolute atomic E-state index is 9.52. The molecule has 26 heavy (non-hydrogen) atoms. The summed E-state index contributed by atoms with van der Waals surface area (Å²) in [5, 5.41) is 12.9. The van der Waals surface area contributed by atoms with E-state index >= 15 is 0 Å². The smallest absolute Gasteiger partial charge is 0.119 e. The molecule has 2 aromatic carbocycles. The molecule has 0 aromatic heterocycles.